The van der Waals surface area contributed by atoms with Crippen LogP contribution in [0.5, 0.6) is 11.5 Å². The Morgan fingerprint density at radius 1 is 1.00 bits per heavy atom. The number of rotatable bonds is 5. The number of halogens is 1. The van der Waals surface area contributed by atoms with E-state index in [0.29, 0.717) is 27.8 Å². The van der Waals surface area contributed by atoms with Gasteiger partial charge in [-0.1, -0.05) is 23.7 Å². The van der Waals surface area contributed by atoms with Crippen molar-refractivity contribution in [2.24, 2.45) is 0 Å². The van der Waals surface area contributed by atoms with Crippen molar-refractivity contribution in [3.63, 3.8) is 0 Å². The third kappa shape index (κ3) is 3.46. The highest BCUT2D eigenvalue weighted by Gasteiger charge is 2.51. The van der Waals surface area contributed by atoms with Crippen molar-refractivity contribution in [3.05, 3.63) is 76.3 Å². The molecule has 1 saturated carbocycles. The topological polar surface area (TPSA) is 84.9 Å². The molecule has 1 amide bonds. The number of aryl methyl sites for hydroxylation is 1. The quantitative estimate of drug-likeness (QED) is 0.523. The number of nitrogens with one attached hydrogen (secondary N) is 1. The number of hydrogen-bond donors (Lipinski definition) is 2. The van der Waals surface area contributed by atoms with E-state index in [1.165, 1.54) is 6.07 Å². The second-order valence-electron chi connectivity index (χ2n) is 8.13. The van der Waals surface area contributed by atoms with Crippen molar-refractivity contribution in [2.45, 2.75) is 25.2 Å². The minimum absolute atomic E-state index is 0. The molecule has 164 valence electrons. The summed E-state index contributed by atoms with van der Waals surface area (Å²) in [5.74, 6) is 0.238. The summed E-state index contributed by atoms with van der Waals surface area (Å²) >= 11 is 6.37. The van der Waals surface area contributed by atoms with E-state index in [9.17, 15) is 14.7 Å². The molecule has 0 saturated heterocycles. The third-order valence-electron chi connectivity index (χ3n) is 6.11. The van der Waals surface area contributed by atoms with E-state index < -0.39 is 11.4 Å². The van der Waals surface area contributed by atoms with E-state index in [1.54, 1.807) is 12.1 Å². The van der Waals surface area contributed by atoms with Crippen molar-refractivity contribution in [1.29, 1.82) is 0 Å². The van der Waals surface area contributed by atoms with Crippen LogP contribution in [-0.4, -0.2) is 23.8 Å². The van der Waals surface area contributed by atoms with Crippen molar-refractivity contribution < 1.29 is 25.6 Å². The molecule has 0 radical (unpaired) electrons. The first-order valence-electron chi connectivity index (χ1n) is 10.2. The van der Waals surface area contributed by atoms with Gasteiger partial charge >= 0.3 is 5.97 Å². The van der Waals surface area contributed by atoms with Gasteiger partial charge in [0.05, 0.1) is 11.0 Å². The van der Waals surface area contributed by atoms with E-state index in [1.807, 2.05) is 43.3 Å². The van der Waals surface area contributed by atoms with Gasteiger partial charge in [0.2, 0.25) is 12.7 Å². The molecule has 0 spiro atoms. The molecule has 6 nitrogen and oxygen atoms in total. The van der Waals surface area contributed by atoms with Gasteiger partial charge < -0.3 is 19.9 Å². The van der Waals surface area contributed by atoms with Crippen molar-refractivity contribution in [2.75, 3.05) is 12.1 Å². The summed E-state index contributed by atoms with van der Waals surface area (Å²) in [6.45, 7) is 2.11. The Morgan fingerprint density at radius 3 is 2.53 bits per heavy atom. The van der Waals surface area contributed by atoms with Crippen molar-refractivity contribution >= 4 is 29.2 Å². The molecular weight excluding hydrogens is 430 g/mol. The number of carbonyl (C=O) groups excluding carboxylic acids is 1. The van der Waals surface area contributed by atoms with Gasteiger partial charge in [-0.3, -0.25) is 4.79 Å². The van der Waals surface area contributed by atoms with Crippen LogP contribution in [0.4, 0.5) is 5.69 Å². The summed E-state index contributed by atoms with van der Waals surface area (Å²) < 4.78 is 10.8. The highest BCUT2D eigenvalue weighted by molar-refractivity contribution is 6.33. The number of amides is 1. The average molecular weight is 452 g/mol. The van der Waals surface area contributed by atoms with Gasteiger partial charge in [-0.2, -0.15) is 0 Å². The van der Waals surface area contributed by atoms with Gasteiger partial charge in [0, 0.05) is 17.7 Å². The fourth-order valence-electron chi connectivity index (χ4n) is 4.07. The summed E-state index contributed by atoms with van der Waals surface area (Å²) in [6.07, 6.45) is 1.51. The molecular formula is C25H22ClNO5. The van der Waals surface area contributed by atoms with Crippen LogP contribution in [0.1, 0.15) is 35.8 Å². The van der Waals surface area contributed by atoms with Gasteiger partial charge in [-0.15, -0.1) is 0 Å². The number of hydrogen-bond acceptors (Lipinski definition) is 4. The number of anilines is 1. The lowest BCUT2D eigenvalue weighted by molar-refractivity contribution is -0.118. The summed E-state index contributed by atoms with van der Waals surface area (Å²) in [4.78, 5) is 24.7. The second kappa shape index (κ2) is 7.57. The standard InChI is InChI=1S/C25H20ClNO5.H2/c1-14-2-5-17(12-18(14)19-10-15(23(28)29)3-6-20(19)26)27-24(30)25(8-9-25)16-4-7-21-22(11-16)32-13-31-21;/h2-7,10-12H,8-9,13H2,1H3,(H,27,30)(H,28,29);1H. The molecule has 0 unspecified atom stereocenters. The van der Waals surface area contributed by atoms with Crippen LogP contribution < -0.4 is 14.8 Å². The lowest BCUT2D eigenvalue weighted by atomic mass is 9.94. The maximum Gasteiger partial charge on any atom is 0.335 e. The van der Waals surface area contributed by atoms with E-state index in [2.05, 4.69) is 5.32 Å². The molecule has 1 heterocycles. The predicted octanol–water partition coefficient (Wildman–Crippen LogP) is 5.66. The van der Waals surface area contributed by atoms with Gasteiger partial charge in [-0.05, 0) is 78.9 Å². The highest BCUT2D eigenvalue weighted by Crippen LogP contribution is 2.51. The Kier molecular flexibility index (Phi) is 4.82. The van der Waals surface area contributed by atoms with Crippen LogP contribution in [0.15, 0.2) is 54.6 Å². The Hall–Kier alpha value is -3.51. The molecule has 3 aromatic carbocycles. The average Bonchev–Trinajstić information content (AvgIpc) is 3.46. The normalized spacial score (nSPS) is 15.3. The van der Waals surface area contributed by atoms with Crippen molar-refractivity contribution in [3.8, 4) is 22.6 Å². The van der Waals surface area contributed by atoms with E-state index in [-0.39, 0.29) is 19.7 Å². The molecule has 0 atom stereocenters. The van der Waals surface area contributed by atoms with Crippen LogP contribution in [-0.2, 0) is 10.2 Å². The first-order chi connectivity index (χ1) is 15.4. The number of carbonyl (C=O) groups is 2. The molecule has 5 rings (SSSR count). The zero-order chi connectivity index (χ0) is 22.5. The number of carboxylic acids is 1. The van der Waals surface area contributed by atoms with Gasteiger partial charge in [0.1, 0.15) is 0 Å². The molecule has 1 fully saturated rings. The maximum absolute atomic E-state index is 13.3. The minimum Gasteiger partial charge on any atom is -0.478 e. The van der Waals surface area contributed by atoms with Crippen LogP contribution in [0.2, 0.25) is 5.02 Å². The Balaban J connectivity index is 0.00000259. The predicted molar refractivity (Wildman–Crippen MR) is 123 cm³/mol. The molecule has 1 aliphatic carbocycles. The number of ether oxygens (including phenoxy) is 2. The number of aromatic carboxylic acids is 1. The monoisotopic (exact) mass is 451 g/mol. The SMILES string of the molecule is Cc1ccc(NC(=O)C2(c3ccc4c(c3)OCO4)CC2)cc1-c1cc(C(=O)O)ccc1Cl.[HH]. The fourth-order valence-corrected chi connectivity index (χ4v) is 4.29. The first-order valence-corrected chi connectivity index (χ1v) is 10.6. The van der Waals surface area contributed by atoms with E-state index in [4.69, 9.17) is 21.1 Å². The highest BCUT2D eigenvalue weighted by atomic mass is 35.5. The number of carboxylic acid groups (broad SMARTS) is 1. The summed E-state index contributed by atoms with van der Waals surface area (Å²) in [7, 11) is 0. The Morgan fingerprint density at radius 2 is 1.78 bits per heavy atom. The molecule has 2 aliphatic rings. The minimum atomic E-state index is -1.02. The second-order valence-corrected chi connectivity index (χ2v) is 8.54. The van der Waals surface area contributed by atoms with Crippen molar-refractivity contribution in [1.82, 2.24) is 0 Å². The van der Waals surface area contributed by atoms with Crippen LogP contribution in [0, 0.1) is 6.92 Å². The molecule has 2 N–H and O–H groups in total. The summed E-state index contributed by atoms with van der Waals surface area (Å²) in [6, 6.07) is 15.8. The molecule has 7 heteroatoms. The van der Waals surface area contributed by atoms with Crippen LogP contribution in [0.3, 0.4) is 0 Å². The zero-order valence-electron chi connectivity index (χ0n) is 17.3. The van der Waals surface area contributed by atoms with E-state index >= 15 is 0 Å². The molecule has 0 bridgehead atoms. The molecule has 3 aromatic rings. The van der Waals surface area contributed by atoms with E-state index in [0.717, 1.165) is 29.5 Å². The fraction of sp³-hybridized carbons (Fsp3) is 0.200. The van der Waals surface area contributed by atoms with Gasteiger partial charge in [-0.25, -0.2) is 4.79 Å². The van der Waals surface area contributed by atoms with Gasteiger partial charge in [0.15, 0.2) is 11.5 Å². The molecule has 0 aromatic heterocycles. The van der Waals surface area contributed by atoms with Crippen LogP contribution >= 0.6 is 11.6 Å². The summed E-state index contributed by atoms with van der Waals surface area (Å²) in [5.41, 5.74) is 3.39. The number of benzene rings is 3. The third-order valence-corrected chi connectivity index (χ3v) is 6.44. The molecule has 32 heavy (non-hydrogen) atoms. The van der Waals surface area contributed by atoms with Gasteiger partial charge in [0.25, 0.3) is 0 Å². The Labute approximate surface area is 191 Å². The lowest BCUT2D eigenvalue weighted by Gasteiger charge is -2.18. The smallest absolute Gasteiger partial charge is 0.335 e. The largest absolute Gasteiger partial charge is 0.478 e. The Bertz CT molecular complexity index is 1270. The first kappa shape index (κ1) is 20.4. The maximum atomic E-state index is 13.3. The zero-order valence-corrected chi connectivity index (χ0v) is 18.0. The number of fused-ring (bicyclic) bond motifs is 1. The lowest BCUT2D eigenvalue weighted by Crippen LogP contribution is -2.27. The molecule has 1 aliphatic heterocycles. The van der Waals surface area contributed by atoms with Crippen LogP contribution in [0.25, 0.3) is 11.1 Å². The summed E-state index contributed by atoms with van der Waals surface area (Å²) in [5, 5.41) is 12.8.